The van der Waals surface area contributed by atoms with Crippen LogP contribution in [-0.4, -0.2) is 16.5 Å². The topological polar surface area (TPSA) is 37.8 Å². The molecule has 21 heavy (non-hydrogen) atoms. The lowest BCUT2D eigenvalue weighted by Crippen LogP contribution is -2.19. The highest BCUT2D eigenvalue weighted by atomic mass is 79.9. The molecule has 0 saturated carbocycles. The van der Waals surface area contributed by atoms with Crippen molar-refractivity contribution >= 4 is 38.2 Å². The molecule has 2 heterocycles. The number of rotatable bonds is 5. The molecule has 3 aromatic rings. The van der Waals surface area contributed by atoms with E-state index in [2.05, 4.69) is 56.3 Å². The maximum absolute atomic E-state index is 4.51. The zero-order valence-electron chi connectivity index (χ0n) is 11.7. The minimum Gasteiger partial charge on any atom is -0.312 e. The lowest BCUT2D eigenvalue weighted by Gasteiger charge is -2.11. The van der Waals surface area contributed by atoms with Crippen molar-refractivity contribution in [3.05, 3.63) is 57.1 Å². The Morgan fingerprint density at radius 2 is 2.14 bits per heavy atom. The van der Waals surface area contributed by atoms with Crippen molar-refractivity contribution in [3.63, 3.8) is 0 Å². The van der Waals surface area contributed by atoms with E-state index in [0.29, 0.717) is 5.92 Å². The first kappa shape index (κ1) is 14.6. The first-order valence-electron chi connectivity index (χ1n) is 6.88. The quantitative estimate of drug-likeness (QED) is 0.733. The van der Waals surface area contributed by atoms with Crippen molar-refractivity contribution < 1.29 is 0 Å². The number of hydrogen-bond acceptors (Lipinski definition) is 4. The van der Waals surface area contributed by atoms with Crippen LogP contribution in [0.25, 0.3) is 10.9 Å². The molecule has 0 radical (unpaired) electrons. The van der Waals surface area contributed by atoms with Crippen molar-refractivity contribution in [2.24, 2.45) is 0 Å². The number of fused-ring (bicyclic) bond motifs is 1. The second kappa shape index (κ2) is 6.64. The van der Waals surface area contributed by atoms with Crippen LogP contribution in [0.3, 0.4) is 0 Å². The molecule has 0 aliphatic heterocycles. The maximum Gasteiger partial charge on any atom is 0.0965 e. The number of hydrogen-bond donors (Lipinski definition) is 1. The van der Waals surface area contributed by atoms with E-state index in [1.54, 1.807) is 11.3 Å². The minimum atomic E-state index is 0.430. The lowest BCUT2D eigenvalue weighted by molar-refractivity contribution is 0.614. The molecule has 2 aromatic heterocycles. The molecule has 0 amide bonds. The van der Waals surface area contributed by atoms with Crippen LogP contribution in [0.4, 0.5) is 0 Å². The molecule has 1 atom stereocenters. The third kappa shape index (κ3) is 3.31. The minimum absolute atomic E-state index is 0.430. The second-order valence-corrected chi connectivity index (χ2v) is 6.79. The maximum atomic E-state index is 4.51. The fourth-order valence-electron chi connectivity index (χ4n) is 2.33. The summed E-state index contributed by atoms with van der Waals surface area (Å²) in [7, 11) is 0. The number of aromatic nitrogens is 2. The van der Waals surface area contributed by atoms with E-state index < -0.39 is 0 Å². The standard InChI is InChI=1S/C16H16BrN3S/c1-11(16-20-7-8-21-16)9-18-10-12-4-5-14(17)13-3-2-6-19-15(12)13/h2-8,11,18H,9-10H2,1H3. The molecule has 0 saturated heterocycles. The van der Waals surface area contributed by atoms with Crippen LogP contribution in [0.5, 0.6) is 0 Å². The second-order valence-electron chi connectivity index (χ2n) is 5.01. The predicted octanol–water partition coefficient (Wildman–Crippen LogP) is 4.35. The van der Waals surface area contributed by atoms with E-state index >= 15 is 0 Å². The van der Waals surface area contributed by atoms with Gasteiger partial charge in [-0.25, -0.2) is 4.98 Å². The zero-order chi connectivity index (χ0) is 14.7. The molecule has 1 unspecified atom stereocenters. The Labute approximate surface area is 136 Å². The van der Waals surface area contributed by atoms with Crippen molar-refractivity contribution in [2.45, 2.75) is 19.4 Å². The molecule has 0 aliphatic carbocycles. The summed E-state index contributed by atoms with van der Waals surface area (Å²) >= 11 is 5.29. The van der Waals surface area contributed by atoms with Gasteiger partial charge in [-0.1, -0.05) is 35.0 Å². The average molecular weight is 362 g/mol. The van der Waals surface area contributed by atoms with Gasteiger partial charge in [-0.15, -0.1) is 11.3 Å². The fourth-order valence-corrected chi connectivity index (χ4v) is 3.48. The van der Waals surface area contributed by atoms with E-state index in [1.807, 2.05) is 23.8 Å². The van der Waals surface area contributed by atoms with E-state index in [1.165, 1.54) is 10.6 Å². The normalized spacial score (nSPS) is 12.7. The summed E-state index contributed by atoms with van der Waals surface area (Å²) in [5.41, 5.74) is 2.28. The number of nitrogens with zero attached hydrogens (tertiary/aromatic N) is 2. The molecule has 0 bridgehead atoms. The van der Waals surface area contributed by atoms with Crippen LogP contribution in [0.2, 0.25) is 0 Å². The van der Waals surface area contributed by atoms with Crippen molar-refractivity contribution in [1.82, 2.24) is 15.3 Å². The number of thiazole rings is 1. The van der Waals surface area contributed by atoms with Gasteiger partial charge in [0.05, 0.1) is 10.5 Å². The third-order valence-corrected chi connectivity index (χ3v) is 5.14. The van der Waals surface area contributed by atoms with E-state index in [-0.39, 0.29) is 0 Å². The summed E-state index contributed by atoms with van der Waals surface area (Å²) in [5.74, 6) is 0.430. The van der Waals surface area contributed by atoms with E-state index in [0.717, 1.165) is 28.5 Å². The SMILES string of the molecule is CC(CNCc1ccc(Br)c2cccnc12)c1nccs1. The third-order valence-electron chi connectivity index (χ3n) is 3.44. The Bertz CT molecular complexity index is 727. The van der Waals surface area contributed by atoms with Gasteiger partial charge in [0.15, 0.2) is 0 Å². The number of benzene rings is 1. The molecule has 3 nitrogen and oxygen atoms in total. The summed E-state index contributed by atoms with van der Waals surface area (Å²) in [5, 5.41) is 7.88. The van der Waals surface area contributed by atoms with Gasteiger partial charge in [0, 0.05) is 46.6 Å². The summed E-state index contributed by atoms with van der Waals surface area (Å²) in [4.78, 5) is 8.87. The summed E-state index contributed by atoms with van der Waals surface area (Å²) < 4.78 is 1.09. The van der Waals surface area contributed by atoms with Gasteiger partial charge in [-0.2, -0.15) is 0 Å². The largest absolute Gasteiger partial charge is 0.312 e. The predicted molar refractivity (Wildman–Crippen MR) is 91.7 cm³/mol. The van der Waals surface area contributed by atoms with Crippen LogP contribution in [0.1, 0.15) is 23.4 Å². The summed E-state index contributed by atoms with van der Waals surface area (Å²) in [6.45, 7) is 3.93. The Balaban J connectivity index is 1.70. The van der Waals surface area contributed by atoms with Crippen molar-refractivity contribution in [3.8, 4) is 0 Å². The number of nitrogens with one attached hydrogen (secondary N) is 1. The molecular formula is C16H16BrN3S. The molecule has 0 aliphatic rings. The first-order valence-corrected chi connectivity index (χ1v) is 8.55. The van der Waals surface area contributed by atoms with Crippen LogP contribution < -0.4 is 5.32 Å². The summed E-state index contributed by atoms with van der Waals surface area (Å²) in [6, 6.07) is 8.27. The zero-order valence-corrected chi connectivity index (χ0v) is 14.1. The van der Waals surface area contributed by atoms with Gasteiger partial charge < -0.3 is 5.32 Å². The van der Waals surface area contributed by atoms with Gasteiger partial charge in [0.2, 0.25) is 0 Å². The van der Waals surface area contributed by atoms with Gasteiger partial charge in [-0.05, 0) is 17.7 Å². The first-order chi connectivity index (χ1) is 10.3. The molecular weight excluding hydrogens is 346 g/mol. The van der Waals surface area contributed by atoms with Crippen LogP contribution in [0, 0.1) is 0 Å². The Kier molecular flexibility index (Phi) is 4.63. The Morgan fingerprint density at radius 3 is 2.95 bits per heavy atom. The molecule has 0 spiro atoms. The van der Waals surface area contributed by atoms with Gasteiger partial charge in [-0.3, -0.25) is 4.98 Å². The molecule has 3 rings (SSSR count). The Hall–Kier alpha value is -1.30. The fraction of sp³-hybridized carbons (Fsp3) is 0.250. The van der Waals surface area contributed by atoms with Crippen molar-refractivity contribution in [2.75, 3.05) is 6.54 Å². The average Bonchev–Trinajstić information content (AvgIpc) is 3.04. The smallest absolute Gasteiger partial charge is 0.0965 e. The Morgan fingerprint density at radius 1 is 1.24 bits per heavy atom. The molecule has 1 aromatic carbocycles. The van der Waals surface area contributed by atoms with Gasteiger partial charge in [0.1, 0.15) is 0 Å². The van der Waals surface area contributed by atoms with E-state index in [9.17, 15) is 0 Å². The number of pyridine rings is 1. The number of halogens is 1. The van der Waals surface area contributed by atoms with Crippen LogP contribution in [-0.2, 0) is 6.54 Å². The molecule has 108 valence electrons. The van der Waals surface area contributed by atoms with E-state index in [4.69, 9.17) is 0 Å². The van der Waals surface area contributed by atoms with Crippen molar-refractivity contribution in [1.29, 1.82) is 0 Å². The highest BCUT2D eigenvalue weighted by Gasteiger charge is 2.09. The molecule has 5 heteroatoms. The summed E-state index contributed by atoms with van der Waals surface area (Å²) in [6.07, 6.45) is 3.71. The van der Waals surface area contributed by atoms with Crippen LogP contribution in [0.15, 0.2) is 46.5 Å². The highest BCUT2D eigenvalue weighted by Crippen LogP contribution is 2.25. The van der Waals surface area contributed by atoms with Gasteiger partial charge >= 0.3 is 0 Å². The molecule has 1 N–H and O–H groups in total. The lowest BCUT2D eigenvalue weighted by atomic mass is 10.1. The molecule has 0 fully saturated rings. The monoisotopic (exact) mass is 361 g/mol. The van der Waals surface area contributed by atoms with Crippen LogP contribution >= 0.6 is 27.3 Å². The highest BCUT2D eigenvalue weighted by molar-refractivity contribution is 9.10. The van der Waals surface area contributed by atoms with Gasteiger partial charge in [0.25, 0.3) is 0 Å².